The van der Waals surface area contributed by atoms with Crippen molar-refractivity contribution in [1.82, 2.24) is 0 Å². The van der Waals surface area contributed by atoms with Crippen molar-refractivity contribution in [1.29, 1.82) is 0 Å². The zero-order valence-corrected chi connectivity index (χ0v) is 13.0. The highest BCUT2D eigenvalue weighted by atomic mass is 19.3. The SMILES string of the molecule is COc1cc(COc2ccc([N+](=O)[O-])c(C)c2)ccc1OC(F)F. The molecule has 2 rings (SSSR count). The number of methoxy groups -OCH3 is 1. The van der Waals surface area contributed by atoms with Crippen LogP contribution in [0.25, 0.3) is 0 Å². The minimum Gasteiger partial charge on any atom is -0.493 e. The number of rotatable bonds is 7. The number of benzene rings is 2. The number of alkyl halides is 2. The zero-order chi connectivity index (χ0) is 17.7. The fraction of sp³-hybridized carbons (Fsp3) is 0.250. The van der Waals surface area contributed by atoms with Crippen molar-refractivity contribution < 1.29 is 27.9 Å². The van der Waals surface area contributed by atoms with Crippen molar-refractivity contribution >= 4 is 5.69 Å². The third-order valence-electron chi connectivity index (χ3n) is 3.21. The highest BCUT2D eigenvalue weighted by Gasteiger charge is 2.13. The summed E-state index contributed by atoms with van der Waals surface area (Å²) in [5.74, 6) is 0.559. The maximum Gasteiger partial charge on any atom is 0.387 e. The van der Waals surface area contributed by atoms with Gasteiger partial charge in [-0.1, -0.05) is 6.07 Å². The Labute approximate surface area is 136 Å². The maximum atomic E-state index is 12.3. The van der Waals surface area contributed by atoms with E-state index in [1.54, 1.807) is 19.1 Å². The molecule has 0 unspecified atom stereocenters. The van der Waals surface area contributed by atoms with Crippen LogP contribution in [0.3, 0.4) is 0 Å². The Morgan fingerprint density at radius 3 is 2.50 bits per heavy atom. The van der Waals surface area contributed by atoms with Crippen molar-refractivity contribution in [2.45, 2.75) is 20.1 Å². The molecule has 0 spiro atoms. The number of ether oxygens (including phenoxy) is 3. The van der Waals surface area contributed by atoms with Gasteiger partial charge in [-0.25, -0.2) is 0 Å². The standard InChI is InChI=1S/C16H15F2NO5/c1-10-7-12(4-5-13(10)19(20)21)23-9-11-3-6-14(24-16(17)18)15(8-11)22-2/h3-8,16H,9H2,1-2H3. The van der Waals surface area contributed by atoms with Crippen LogP contribution in [0.4, 0.5) is 14.5 Å². The molecule has 0 amide bonds. The summed E-state index contributed by atoms with van der Waals surface area (Å²) in [6.07, 6.45) is 0. The van der Waals surface area contributed by atoms with E-state index in [1.165, 1.54) is 31.4 Å². The number of hydrogen-bond donors (Lipinski definition) is 0. The molecule has 6 nitrogen and oxygen atoms in total. The summed E-state index contributed by atoms with van der Waals surface area (Å²) in [4.78, 5) is 10.3. The molecule has 0 bridgehead atoms. The van der Waals surface area contributed by atoms with Gasteiger partial charge in [-0.05, 0) is 36.8 Å². The molecule has 0 saturated carbocycles. The Morgan fingerprint density at radius 2 is 1.92 bits per heavy atom. The monoisotopic (exact) mass is 339 g/mol. The molecule has 0 aliphatic rings. The van der Waals surface area contributed by atoms with E-state index in [0.717, 1.165) is 0 Å². The molecular formula is C16H15F2NO5. The summed E-state index contributed by atoms with van der Waals surface area (Å²) in [6, 6.07) is 8.88. The first-order chi connectivity index (χ1) is 11.4. The lowest BCUT2D eigenvalue weighted by Gasteiger charge is -2.12. The molecule has 0 N–H and O–H groups in total. The molecule has 128 valence electrons. The van der Waals surface area contributed by atoms with Crippen molar-refractivity contribution in [3.8, 4) is 17.2 Å². The quantitative estimate of drug-likeness (QED) is 0.561. The molecule has 2 aromatic carbocycles. The highest BCUT2D eigenvalue weighted by molar-refractivity contribution is 5.45. The van der Waals surface area contributed by atoms with Crippen LogP contribution in [0.2, 0.25) is 0 Å². The highest BCUT2D eigenvalue weighted by Crippen LogP contribution is 2.30. The van der Waals surface area contributed by atoms with E-state index < -0.39 is 11.5 Å². The van der Waals surface area contributed by atoms with Gasteiger partial charge in [0.05, 0.1) is 12.0 Å². The van der Waals surface area contributed by atoms with E-state index in [1.807, 2.05) is 0 Å². The number of halogens is 2. The molecule has 8 heteroatoms. The lowest BCUT2D eigenvalue weighted by Crippen LogP contribution is -2.04. The Balaban J connectivity index is 2.09. The lowest BCUT2D eigenvalue weighted by atomic mass is 10.2. The van der Waals surface area contributed by atoms with Gasteiger partial charge in [0, 0.05) is 11.6 Å². The van der Waals surface area contributed by atoms with Crippen LogP contribution >= 0.6 is 0 Å². The molecule has 0 aromatic heterocycles. The van der Waals surface area contributed by atoms with Crippen LogP contribution in [0, 0.1) is 17.0 Å². The molecule has 0 radical (unpaired) electrons. The van der Waals surface area contributed by atoms with Crippen LogP contribution in [0.5, 0.6) is 17.2 Å². The van der Waals surface area contributed by atoms with Gasteiger partial charge in [-0.15, -0.1) is 0 Å². The molecule has 0 aliphatic heterocycles. The average Bonchev–Trinajstić information content (AvgIpc) is 2.53. The van der Waals surface area contributed by atoms with Crippen LogP contribution in [0.1, 0.15) is 11.1 Å². The average molecular weight is 339 g/mol. The van der Waals surface area contributed by atoms with E-state index in [2.05, 4.69) is 4.74 Å². The van der Waals surface area contributed by atoms with E-state index in [0.29, 0.717) is 16.9 Å². The van der Waals surface area contributed by atoms with Gasteiger partial charge in [-0.3, -0.25) is 10.1 Å². The molecule has 24 heavy (non-hydrogen) atoms. The van der Waals surface area contributed by atoms with Crippen LogP contribution in [-0.4, -0.2) is 18.6 Å². The Morgan fingerprint density at radius 1 is 1.17 bits per heavy atom. The molecule has 0 heterocycles. The van der Waals surface area contributed by atoms with Crippen LogP contribution in [0.15, 0.2) is 36.4 Å². The predicted octanol–water partition coefficient (Wildman–Crippen LogP) is 4.09. The first kappa shape index (κ1) is 17.5. The van der Waals surface area contributed by atoms with Gasteiger partial charge >= 0.3 is 6.61 Å². The molecule has 0 aliphatic carbocycles. The third kappa shape index (κ3) is 4.31. The summed E-state index contributed by atoms with van der Waals surface area (Å²) in [5, 5.41) is 10.8. The molecule has 0 saturated heterocycles. The van der Waals surface area contributed by atoms with Crippen LogP contribution < -0.4 is 14.2 Å². The van der Waals surface area contributed by atoms with Crippen molar-refractivity contribution in [2.75, 3.05) is 7.11 Å². The van der Waals surface area contributed by atoms with E-state index in [4.69, 9.17) is 9.47 Å². The van der Waals surface area contributed by atoms with E-state index in [9.17, 15) is 18.9 Å². The topological polar surface area (TPSA) is 70.8 Å². The summed E-state index contributed by atoms with van der Waals surface area (Å²) in [5.41, 5.74) is 1.16. The van der Waals surface area contributed by atoms with Crippen molar-refractivity contribution in [3.05, 3.63) is 57.6 Å². The first-order valence-electron chi connectivity index (χ1n) is 6.90. The Hall–Kier alpha value is -2.90. The Kier molecular flexibility index (Phi) is 5.51. The van der Waals surface area contributed by atoms with Gasteiger partial charge in [-0.2, -0.15) is 8.78 Å². The second kappa shape index (κ2) is 7.58. The smallest absolute Gasteiger partial charge is 0.387 e. The normalized spacial score (nSPS) is 10.5. The van der Waals surface area contributed by atoms with E-state index >= 15 is 0 Å². The number of nitrogens with zero attached hydrogens (tertiary/aromatic N) is 1. The number of hydrogen-bond acceptors (Lipinski definition) is 5. The lowest BCUT2D eigenvalue weighted by molar-refractivity contribution is -0.385. The second-order valence-corrected chi connectivity index (χ2v) is 4.86. The third-order valence-corrected chi connectivity index (χ3v) is 3.21. The zero-order valence-electron chi connectivity index (χ0n) is 13.0. The number of nitro groups is 1. The summed E-state index contributed by atoms with van der Waals surface area (Å²) in [7, 11) is 1.35. The summed E-state index contributed by atoms with van der Waals surface area (Å²) >= 11 is 0. The Bertz CT molecular complexity index is 736. The minimum absolute atomic E-state index is 0.0116. The van der Waals surface area contributed by atoms with Crippen molar-refractivity contribution in [2.24, 2.45) is 0 Å². The largest absolute Gasteiger partial charge is 0.493 e. The van der Waals surface area contributed by atoms with Gasteiger partial charge in [0.2, 0.25) is 0 Å². The van der Waals surface area contributed by atoms with Gasteiger partial charge in [0.25, 0.3) is 5.69 Å². The first-order valence-corrected chi connectivity index (χ1v) is 6.90. The van der Waals surface area contributed by atoms with E-state index in [-0.39, 0.29) is 23.8 Å². The maximum absolute atomic E-state index is 12.3. The molecule has 2 aromatic rings. The summed E-state index contributed by atoms with van der Waals surface area (Å²) in [6.45, 7) is -1.18. The number of aryl methyl sites for hydroxylation is 1. The minimum atomic E-state index is -2.94. The van der Waals surface area contributed by atoms with Gasteiger partial charge in [0.1, 0.15) is 12.4 Å². The van der Waals surface area contributed by atoms with Gasteiger partial charge in [0.15, 0.2) is 11.5 Å². The summed E-state index contributed by atoms with van der Waals surface area (Å²) < 4.78 is 39.5. The fourth-order valence-corrected chi connectivity index (χ4v) is 2.08. The molecular weight excluding hydrogens is 324 g/mol. The predicted molar refractivity (Wildman–Crippen MR) is 81.8 cm³/mol. The van der Waals surface area contributed by atoms with Crippen molar-refractivity contribution in [3.63, 3.8) is 0 Å². The second-order valence-electron chi connectivity index (χ2n) is 4.86. The van der Waals surface area contributed by atoms with Crippen LogP contribution in [-0.2, 0) is 6.61 Å². The molecule has 0 fully saturated rings. The van der Waals surface area contributed by atoms with Gasteiger partial charge < -0.3 is 14.2 Å². The fourth-order valence-electron chi connectivity index (χ4n) is 2.08. The molecule has 0 atom stereocenters. The number of nitro benzene ring substituents is 1.